The lowest BCUT2D eigenvalue weighted by Crippen LogP contribution is -2.02. The lowest BCUT2D eigenvalue weighted by Gasteiger charge is -2.08. The molecule has 2 nitrogen and oxygen atoms in total. The molecular formula is C10H11BrO2S. The Balaban J connectivity index is 2.87. The minimum Gasteiger partial charge on any atom is -0.612 e. The van der Waals surface area contributed by atoms with Crippen LogP contribution in [0, 0.1) is 0 Å². The molecule has 14 heavy (non-hydrogen) atoms. The molecule has 0 aromatic heterocycles. The second kappa shape index (κ2) is 5.53. The molecule has 0 heterocycles. The van der Waals surface area contributed by atoms with Gasteiger partial charge in [-0.2, -0.15) is 0 Å². The first kappa shape index (κ1) is 11.8. The summed E-state index contributed by atoms with van der Waals surface area (Å²) in [6.07, 6.45) is 2.55. The standard InChI is InChI=1S/C10H11BrO2S/c1-14(13)10-4-2-8(3-5-10)9(6-11)7-12/h2-5,7,9H,6H2,1H3. The number of carbonyl (C=O) groups excluding carboxylic acids is 1. The van der Waals surface area contributed by atoms with Crippen molar-refractivity contribution in [1.29, 1.82) is 0 Å². The van der Waals surface area contributed by atoms with Gasteiger partial charge in [0.15, 0.2) is 4.90 Å². The van der Waals surface area contributed by atoms with Crippen molar-refractivity contribution in [3.8, 4) is 0 Å². The Morgan fingerprint density at radius 2 is 2.07 bits per heavy atom. The van der Waals surface area contributed by atoms with Crippen molar-refractivity contribution in [1.82, 2.24) is 0 Å². The summed E-state index contributed by atoms with van der Waals surface area (Å²) in [7, 11) is 0. The summed E-state index contributed by atoms with van der Waals surface area (Å²) in [6.45, 7) is 0. The van der Waals surface area contributed by atoms with Gasteiger partial charge in [0.05, 0.1) is 0 Å². The molecule has 1 aromatic rings. The second-order valence-corrected chi connectivity index (χ2v) is 4.95. The fourth-order valence-corrected chi connectivity index (χ4v) is 2.16. The first-order valence-electron chi connectivity index (χ1n) is 4.13. The fourth-order valence-electron chi connectivity index (χ4n) is 1.11. The zero-order chi connectivity index (χ0) is 10.6. The molecule has 1 aromatic carbocycles. The minimum atomic E-state index is -0.954. The highest BCUT2D eigenvalue weighted by atomic mass is 79.9. The van der Waals surface area contributed by atoms with Crippen molar-refractivity contribution < 1.29 is 9.35 Å². The number of aldehydes is 1. The van der Waals surface area contributed by atoms with Crippen LogP contribution in [0.3, 0.4) is 0 Å². The summed E-state index contributed by atoms with van der Waals surface area (Å²) < 4.78 is 11.1. The molecule has 0 saturated carbocycles. The third-order valence-corrected chi connectivity index (χ3v) is 3.60. The molecule has 4 heteroatoms. The van der Waals surface area contributed by atoms with Gasteiger partial charge in [0.1, 0.15) is 12.5 Å². The van der Waals surface area contributed by atoms with Gasteiger partial charge in [-0.1, -0.05) is 28.1 Å². The van der Waals surface area contributed by atoms with Gasteiger partial charge in [-0.05, 0) is 28.9 Å². The predicted molar refractivity (Wildman–Crippen MR) is 61.4 cm³/mol. The van der Waals surface area contributed by atoms with Crippen molar-refractivity contribution in [2.75, 3.05) is 11.6 Å². The summed E-state index contributed by atoms with van der Waals surface area (Å²) in [5.41, 5.74) is 0.950. The minimum absolute atomic E-state index is 0.116. The van der Waals surface area contributed by atoms with Gasteiger partial charge in [-0.25, -0.2) is 0 Å². The number of rotatable bonds is 4. The van der Waals surface area contributed by atoms with E-state index in [4.69, 9.17) is 0 Å². The molecule has 0 radical (unpaired) electrons. The summed E-state index contributed by atoms with van der Waals surface area (Å²) >= 11 is 2.31. The molecule has 0 fully saturated rings. The monoisotopic (exact) mass is 274 g/mol. The van der Waals surface area contributed by atoms with Gasteiger partial charge in [-0.3, -0.25) is 0 Å². The van der Waals surface area contributed by atoms with E-state index in [0.717, 1.165) is 16.7 Å². The van der Waals surface area contributed by atoms with Crippen molar-refractivity contribution in [3.05, 3.63) is 29.8 Å². The van der Waals surface area contributed by atoms with Crippen molar-refractivity contribution in [2.45, 2.75) is 10.8 Å². The molecule has 0 amide bonds. The van der Waals surface area contributed by atoms with E-state index in [0.29, 0.717) is 5.33 Å². The predicted octanol–water partition coefficient (Wildman–Crippen LogP) is 2.10. The molecule has 0 spiro atoms. The summed E-state index contributed by atoms with van der Waals surface area (Å²) in [5.74, 6) is -0.116. The van der Waals surface area contributed by atoms with Crippen LogP contribution in [0.1, 0.15) is 11.5 Å². The normalized spacial score (nSPS) is 14.8. The molecule has 2 unspecified atom stereocenters. The molecule has 0 aliphatic carbocycles. The summed E-state index contributed by atoms with van der Waals surface area (Å²) in [6, 6.07) is 7.28. The van der Waals surface area contributed by atoms with E-state index in [1.54, 1.807) is 18.4 Å². The molecule has 0 aliphatic rings. The van der Waals surface area contributed by atoms with E-state index < -0.39 is 11.2 Å². The highest BCUT2D eigenvalue weighted by molar-refractivity contribution is 9.09. The summed E-state index contributed by atoms with van der Waals surface area (Å²) in [4.78, 5) is 11.5. The average Bonchev–Trinajstić information content (AvgIpc) is 2.20. The van der Waals surface area contributed by atoms with Gasteiger partial charge < -0.3 is 9.35 Å². The quantitative estimate of drug-likeness (QED) is 0.479. The Hall–Kier alpha value is -0.320. The van der Waals surface area contributed by atoms with E-state index >= 15 is 0 Å². The topological polar surface area (TPSA) is 40.1 Å². The first-order valence-corrected chi connectivity index (χ1v) is 6.81. The maximum Gasteiger partial charge on any atom is 0.152 e. The second-order valence-electron chi connectivity index (χ2n) is 2.92. The first-order chi connectivity index (χ1) is 6.69. The lowest BCUT2D eigenvalue weighted by atomic mass is 10.0. The van der Waals surface area contributed by atoms with Crippen LogP contribution < -0.4 is 0 Å². The number of halogens is 1. The molecular weight excluding hydrogens is 264 g/mol. The zero-order valence-electron chi connectivity index (χ0n) is 7.77. The third kappa shape index (κ3) is 2.83. The highest BCUT2D eigenvalue weighted by Gasteiger charge is 2.10. The van der Waals surface area contributed by atoms with Crippen LogP contribution in [0.5, 0.6) is 0 Å². The van der Waals surface area contributed by atoms with Gasteiger partial charge >= 0.3 is 0 Å². The van der Waals surface area contributed by atoms with Crippen LogP contribution in [0.4, 0.5) is 0 Å². The maximum atomic E-state index is 11.1. The Morgan fingerprint density at radius 3 is 2.43 bits per heavy atom. The van der Waals surface area contributed by atoms with E-state index in [1.807, 2.05) is 12.1 Å². The lowest BCUT2D eigenvalue weighted by molar-refractivity contribution is -0.108. The third-order valence-electron chi connectivity index (χ3n) is 1.97. The van der Waals surface area contributed by atoms with E-state index in [-0.39, 0.29) is 5.92 Å². The fraction of sp³-hybridized carbons (Fsp3) is 0.300. The van der Waals surface area contributed by atoms with E-state index in [1.165, 1.54) is 0 Å². The van der Waals surface area contributed by atoms with Crippen LogP contribution in [0.2, 0.25) is 0 Å². The van der Waals surface area contributed by atoms with Crippen molar-refractivity contribution in [3.63, 3.8) is 0 Å². The van der Waals surface area contributed by atoms with E-state index in [2.05, 4.69) is 15.9 Å². The molecule has 2 atom stereocenters. The average molecular weight is 275 g/mol. The van der Waals surface area contributed by atoms with Crippen LogP contribution in [-0.4, -0.2) is 22.4 Å². The van der Waals surface area contributed by atoms with Gasteiger partial charge in [0.2, 0.25) is 0 Å². The summed E-state index contributed by atoms with van der Waals surface area (Å²) in [5, 5.41) is 0.616. The largest absolute Gasteiger partial charge is 0.612 e. The molecule has 0 aliphatic heterocycles. The van der Waals surface area contributed by atoms with Crippen molar-refractivity contribution in [2.24, 2.45) is 0 Å². The van der Waals surface area contributed by atoms with Crippen LogP contribution >= 0.6 is 15.9 Å². The number of hydrogen-bond acceptors (Lipinski definition) is 2. The number of hydrogen-bond donors (Lipinski definition) is 0. The number of benzene rings is 1. The van der Waals surface area contributed by atoms with Crippen LogP contribution in [0.15, 0.2) is 29.2 Å². The molecule has 0 saturated heterocycles. The van der Waals surface area contributed by atoms with Gasteiger partial charge in [0.25, 0.3) is 0 Å². The van der Waals surface area contributed by atoms with Crippen LogP contribution in [-0.2, 0) is 16.0 Å². The SMILES string of the molecule is C[S+]([O-])c1ccc(C(C=O)CBr)cc1. The molecule has 76 valence electrons. The smallest absolute Gasteiger partial charge is 0.152 e. The Morgan fingerprint density at radius 1 is 1.50 bits per heavy atom. The van der Waals surface area contributed by atoms with Crippen molar-refractivity contribution >= 4 is 33.4 Å². The van der Waals surface area contributed by atoms with Gasteiger partial charge in [0, 0.05) is 11.2 Å². The number of alkyl halides is 1. The van der Waals surface area contributed by atoms with Crippen LogP contribution in [0.25, 0.3) is 0 Å². The van der Waals surface area contributed by atoms with E-state index in [9.17, 15) is 9.35 Å². The zero-order valence-corrected chi connectivity index (χ0v) is 10.2. The Labute approximate surface area is 95.0 Å². The molecule has 0 bridgehead atoms. The maximum absolute atomic E-state index is 11.1. The van der Waals surface area contributed by atoms with Gasteiger partial charge in [-0.15, -0.1) is 0 Å². The highest BCUT2D eigenvalue weighted by Crippen LogP contribution is 2.18. The molecule has 0 N–H and O–H groups in total. The Bertz CT molecular complexity index is 297. The molecule has 1 rings (SSSR count). The number of carbonyl (C=O) groups is 1. The Kier molecular flexibility index (Phi) is 4.65.